The van der Waals surface area contributed by atoms with Crippen molar-refractivity contribution in [3.63, 3.8) is 0 Å². The number of ketones is 1. The smallest absolute Gasteiger partial charge is 0.266 e. The fourth-order valence-corrected chi connectivity index (χ4v) is 9.22. The molecule has 1 atom stereocenters. The number of carbonyl (C=O) groups is 7. The van der Waals surface area contributed by atoms with Gasteiger partial charge in [0.15, 0.2) is 12.4 Å². The average molecular weight is 889 g/mol. The number of ether oxygens (including phenoxy) is 1. The van der Waals surface area contributed by atoms with Gasteiger partial charge in [0.2, 0.25) is 23.7 Å². The number of benzene rings is 1. The van der Waals surface area contributed by atoms with Gasteiger partial charge in [-0.2, -0.15) is 4.98 Å². The highest BCUT2D eigenvalue weighted by Crippen LogP contribution is 2.34. The van der Waals surface area contributed by atoms with Crippen LogP contribution in [0.3, 0.4) is 0 Å². The maximum Gasteiger partial charge on any atom is 0.266 e. The largest absolute Gasteiger partial charge is 0.483 e. The second-order valence-corrected chi connectivity index (χ2v) is 16.9. The van der Waals surface area contributed by atoms with Gasteiger partial charge in [-0.3, -0.25) is 53.1 Å². The number of hydrogen-bond donors (Lipinski definition) is 3. The molecule has 3 fully saturated rings. The monoisotopic (exact) mass is 888 g/mol. The van der Waals surface area contributed by atoms with Crippen LogP contribution in [0.2, 0.25) is 0 Å². The van der Waals surface area contributed by atoms with Gasteiger partial charge in [-0.15, -0.1) is 0 Å². The third-order valence-corrected chi connectivity index (χ3v) is 12.7. The summed E-state index contributed by atoms with van der Waals surface area (Å²) in [7, 11) is 0. The molecule has 8 rings (SSSR count). The first-order chi connectivity index (χ1) is 31.4. The normalized spacial score (nSPS) is 17.7. The van der Waals surface area contributed by atoms with E-state index in [9.17, 15) is 38.4 Å². The van der Waals surface area contributed by atoms with E-state index in [-0.39, 0.29) is 65.2 Å². The summed E-state index contributed by atoms with van der Waals surface area (Å²) in [5.41, 5.74) is 1.97. The Morgan fingerprint density at radius 2 is 1.65 bits per heavy atom. The summed E-state index contributed by atoms with van der Waals surface area (Å²) in [5.74, 6) is -2.19. The molecule has 1 aromatic carbocycles. The molecule has 1 aliphatic carbocycles. The van der Waals surface area contributed by atoms with Gasteiger partial charge in [-0.25, -0.2) is 9.97 Å². The van der Waals surface area contributed by atoms with Gasteiger partial charge < -0.3 is 25.2 Å². The Morgan fingerprint density at radius 3 is 2.37 bits per heavy atom. The first-order valence-electron chi connectivity index (χ1n) is 22.3. The number of piperazine rings is 1. The number of fused-ring (bicyclic) bond motifs is 2. The molecule has 4 aliphatic rings. The third-order valence-electron chi connectivity index (χ3n) is 12.7. The number of hydrogen-bond acceptors (Lipinski definition) is 14. The summed E-state index contributed by atoms with van der Waals surface area (Å²) in [6, 6.07) is 7.15. The number of Topliss-reactive ketones (excluding diaryl/α,β-unsaturated/α-hetero) is 1. The number of piperidine rings is 1. The summed E-state index contributed by atoms with van der Waals surface area (Å²) in [5, 5.41) is 8.81. The standard InChI is InChI=1S/C46H52N10O9/c1-27-32-25-49-46(52-41(32)55(29-10-6-7-11-29)44(63)39(27)28(2)57)50-35-17-15-30(24-48-35)53-20-22-54(23-21-53)38(60)14-5-3-4-8-19-47-37(59)26-65-34-13-9-12-31-40(34)45(64)56(43(31)62)33-16-18-36(58)51-42(33)61/h9,12-13,15,17,24-25,29,33H,3-8,10-11,14,16,18-23,26H2,1-2H3,(H,47,59)(H,51,58,61)(H,48,49,50,52). The Bertz CT molecular complexity index is 2620. The average Bonchev–Trinajstić information content (AvgIpc) is 3.91. The van der Waals surface area contributed by atoms with Crippen molar-refractivity contribution in [1.82, 2.24) is 40.0 Å². The van der Waals surface area contributed by atoms with Crippen molar-refractivity contribution >= 4 is 69.7 Å². The lowest BCUT2D eigenvalue weighted by atomic mass is 10.0. The van der Waals surface area contributed by atoms with E-state index in [4.69, 9.17) is 9.72 Å². The van der Waals surface area contributed by atoms with Crippen molar-refractivity contribution in [3.05, 3.63) is 75.3 Å². The predicted molar refractivity (Wildman–Crippen MR) is 237 cm³/mol. The minimum absolute atomic E-state index is 0.00783. The summed E-state index contributed by atoms with van der Waals surface area (Å²) >= 11 is 0. The van der Waals surface area contributed by atoms with Gasteiger partial charge >= 0.3 is 0 Å². The molecule has 19 nitrogen and oxygen atoms in total. The van der Waals surface area contributed by atoms with Crippen LogP contribution in [0.4, 0.5) is 17.5 Å². The molecular formula is C46H52N10O9. The zero-order valence-corrected chi connectivity index (χ0v) is 36.5. The highest BCUT2D eigenvalue weighted by Gasteiger charge is 2.46. The van der Waals surface area contributed by atoms with Crippen molar-refractivity contribution in [2.24, 2.45) is 0 Å². The van der Waals surface area contributed by atoms with Crippen molar-refractivity contribution < 1.29 is 38.3 Å². The molecule has 6 amide bonds. The van der Waals surface area contributed by atoms with Gasteiger partial charge in [-0.1, -0.05) is 31.7 Å². The highest BCUT2D eigenvalue weighted by atomic mass is 16.5. The number of aromatic nitrogens is 4. The number of imide groups is 2. The molecule has 2 saturated heterocycles. The molecule has 3 aliphatic heterocycles. The number of nitrogens with zero attached hydrogens (tertiary/aromatic N) is 7. The minimum atomic E-state index is -1.10. The number of pyridine rings is 2. The molecule has 0 radical (unpaired) electrons. The molecule has 0 spiro atoms. The van der Waals surface area contributed by atoms with E-state index in [0.29, 0.717) is 73.9 Å². The second kappa shape index (κ2) is 19.4. The maximum atomic E-state index is 13.6. The summed E-state index contributed by atoms with van der Waals surface area (Å²) in [4.78, 5) is 121. The van der Waals surface area contributed by atoms with Crippen LogP contribution in [0.25, 0.3) is 11.0 Å². The van der Waals surface area contributed by atoms with Gasteiger partial charge in [0.1, 0.15) is 23.3 Å². The zero-order valence-electron chi connectivity index (χ0n) is 36.5. The predicted octanol–water partition coefficient (Wildman–Crippen LogP) is 3.75. The van der Waals surface area contributed by atoms with Crippen LogP contribution in [0.5, 0.6) is 5.75 Å². The molecule has 65 heavy (non-hydrogen) atoms. The van der Waals surface area contributed by atoms with E-state index in [1.807, 2.05) is 17.0 Å². The lowest BCUT2D eigenvalue weighted by Crippen LogP contribution is -2.54. The Kier molecular flexibility index (Phi) is 13.3. The number of nitrogens with one attached hydrogen (secondary N) is 3. The molecule has 1 saturated carbocycles. The lowest BCUT2D eigenvalue weighted by molar-refractivity contribution is -0.136. The fourth-order valence-electron chi connectivity index (χ4n) is 9.22. The Labute approximate surface area is 374 Å². The number of unbranched alkanes of at least 4 members (excludes halogenated alkanes) is 3. The molecule has 340 valence electrons. The molecule has 4 aromatic rings. The van der Waals surface area contributed by atoms with E-state index >= 15 is 0 Å². The first kappa shape index (κ1) is 44.6. The Balaban J connectivity index is 0.731. The highest BCUT2D eigenvalue weighted by molar-refractivity contribution is 6.24. The first-order valence-corrected chi connectivity index (χ1v) is 22.3. The van der Waals surface area contributed by atoms with Crippen molar-refractivity contribution in [2.75, 3.05) is 49.5 Å². The summed E-state index contributed by atoms with van der Waals surface area (Å²) < 4.78 is 7.33. The number of amides is 6. The van der Waals surface area contributed by atoms with E-state index < -0.39 is 35.6 Å². The zero-order chi connectivity index (χ0) is 45.8. The molecule has 19 heteroatoms. The van der Waals surface area contributed by atoms with Crippen LogP contribution < -0.4 is 31.1 Å². The topological polar surface area (TPSA) is 235 Å². The van der Waals surface area contributed by atoms with Crippen LogP contribution >= 0.6 is 0 Å². The van der Waals surface area contributed by atoms with Crippen LogP contribution in [0.1, 0.15) is 120 Å². The molecule has 1 unspecified atom stereocenters. The minimum Gasteiger partial charge on any atom is -0.483 e. The molecule has 0 bridgehead atoms. The number of rotatable bonds is 16. The van der Waals surface area contributed by atoms with Crippen LogP contribution in [-0.4, -0.2) is 116 Å². The third kappa shape index (κ3) is 9.44. The van der Waals surface area contributed by atoms with E-state index in [2.05, 4.69) is 30.8 Å². The van der Waals surface area contributed by atoms with Crippen LogP contribution in [0, 0.1) is 6.92 Å². The summed E-state index contributed by atoms with van der Waals surface area (Å²) in [6.07, 6.45) is 10.7. The number of anilines is 3. The lowest BCUT2D eigenvalue weighted by Gasteiger charge is -2.36. The Hall–Kier alpha value is -7.05. The fraction of sp³-hybridized carbons (Fsp3) is 0.457. The maximum absolute atomic E-state index is 13.6. The molecular weight excluding hydrogens is 837 g/mol. The van der Waals surface area contributed by atoms with E-state index in [1.54, 1.807) is 23.9 Å². The van der Waals surface area contributed by atoms with E-state index in [0.717, 1.165) is 55.5 Å². The second-order valence-electron chi connectivity index (χ2n) is 16.9. The van der Waals surface area contributed by atoms with Crippen LogP contribution in [0.15, 0.2) is 47.5 Å². The molecule has 3 N–H and O–H groups in total. The van der Waals surface area contributed by atoms with Gasteiger partial charge in [0.25, 0.3) is 23.3 Å². The van der Waals surface area contributed by atoms with Gasteiger partial charge in [0.05, 0.1) is 28.6 Å². The molecule has 3 aromatic heterocycles. The van der Waals surface area contributed by atoms with Gasteiger partial charge in [0, 0.05) is 63.2 Å². The van der Waals surface area contributed by atoms with Crippen molar-refractivity contribution in [2.45, 2.75) is 96.6 Å². The SMILES string of the molecule is CC(=O)c1c(C)c2cnc(Nc3ccc(N4CCN(C(=O)CCCCCCNC(=O)COc5cccc6c5C(=O)N(C5CCC(=O)NC5=O)C6=O)CC4)cn3)nc2n(C2CCCC2)c1=O. The van der Waals surface area contributed by atoms with E-state index in [1.165, 1.54) is 25.1 Å². The summed E-state index contributed by atoms with van der Waals surface area (Å²) in [6.45, 7) is 5.74. The van der Waals surface area contributed by atoms with Gasteiger partial charge in [-0.05, 0) is 75.8 Å². The van der Waals surface area contributed by atoms with Crippen molar-refractivity contribution in [3.8, 4) is 5.75 Å². The van der Waals surface area contributed by atoms with Crippen LogP contribution in [-0.2, 0) is 19.2 Å². The quantitative estimate of drug-likeness (QED) is 0.0826. The Morgan fingerprint density at radius 1 is 0.877 bits per heavy atom. The number of aryl methyl sites for hydroxylation is 1. The number of carbonyl (C=O) groups excluding carboxylic acids is 7. The molecule has 6 heterocycles. The van der Waals surface area contributed by atoms with Crippen molar-refractivity contribution in [1.29, 1.82) is 0 Å².